The van der Waals surface area contributed by atoms with Crippen molar-refractivity contribution in [3.05, 3.63) is 40.6 Å². The van der Waals surface area contributed by atoms with E-state index >= 15 is 0 Å². The first-order valence-electron chi connectivity index (χ1n) is 7.36. The molecule has 1 heterocycles. The highest BCUT2D eigenvalue weighted by Gasteiger charge is 2.15. The van der Waals surface area contributed by atoms with E-state index in [9.17, 15) is 13.6 Å². The molecule has 1 amide bonds. The third-order valence-corrected chi connectivity index (χ3v) is 4.13. The quantitative estimate of drug-likeness (QED) is 0.679. The number of benzene rings is 1. The Morgan fingerprint density at radius 1 is 1.20 bits per heavy atom. The number of amides is 1. The van der Waals surface area contributed by atoms with Crippen LogP contribution >= 0.6 is 15.9 Å². The van der Waals surface area contributed by atoms with Crippen LogP contribution in [0.25, 0.3) is 0 Å². The molecular formula is C16H17BrF2N4O2. The maximum Gasteiger partial charge on any atom is 0.239 e. The third kappa shape index (κ3) is 4.85. The Morgan fingerprint density at radius 3 is 2.60 bits per heavy atom. The first-order chi connectivity index (χ1) is 11.8. The highest BCUT2D eigenvalue weighted by Crippen LogP contribution is 2.29. The van der Waals surface area contributed by atoms with E-state index in [-0.39, 0.29) is 22.0 Å². The first-order valence-corrected chi connectivity index (χ1v) is 8.15. The summed E-state index contributed by atoms with van der Waals surface area (Å²) in [7, 11) is 3.48. The fourth-order valence-corrected chi connectivity index (χ4v) is 2.15. The monoisotopic (exact) mass is 414 g/mol. The molecule has 0 N–H and O–H groups in total. The lowest BCUT2D eigenvalue weighted by molar-refractivity contribution is -0.127. The zero-order chi connectivity index (χ0) is 18.6. The molecule has 0 spiro atoms. The van der Waals surface area contributed by atoms with Crippen LogP contribution < -0.4 is 9.64 Å². The number of ether oxygens (including phenoxy) is 1. The van der Waals surface area contributed by atoms with E-state index in [1.54, 1.807) is 23.9 Å². The van der Waals surface area contributed by atoms with Crippen molar-refractivity contribution in [2.45, 2.75) is 6.92 Å². The number of aromatic nitrogens is 2. The summed E-state index contributed by atoms with van der Waals surface area (Å²) in [5.74, 6) is -1.96. The Kier molecular flexibility index (Phi) is 6.24. The lowest BCUT2D eigenvalue weighted by Gasteiger charge is -2.22. The second-order valence-corrected chi connectivity index (χ2v) is 6.21. The number of rotatable bonds is 6. The van der Waals surface area contributed by atoms with Gasteiger partial charge >= 0.3 is 0 Å². The molecule has 0 aliphatic carbocycles. The molecule has 0 aliphatic rings. The Labute approximate surface area is 152 Å². The Balaban J connectivity index is 2.11. The number of carbonyl (C=O) groups is 1. The summed E-state index contributed by atoms with van der Waals surface area (Å²) in [6, 6.07) is 2.64. The van der Waals surface area contributed by atoms with Crippen molar-refractivity contribution in [1.82, 2.24) is 14.9 Å². The Bertz CT molecular complexity index is 776. The number of hydrogen-bond donors (Lipinski definition) is 0. The molecule has 2 aromatic rings. The van der Waals surface area contributed by atoms with Gasteiger partial charge in [-0.3, -0.25) is 9.78 Å². The average Bonchev–Trinajstić information content (AvgIpc) is 2.60. The minimum absolute atomic E-state index is 0.00603. The molecule has 0 saturated carbocycles. The normalized spacial score (nSPS) is 10.5. The minimum Gasteiger partial charge on any atom is -0.434 e. The standard InChI is InChI=1S/C16H17BrF2N4O2/c1-10(24)22(2)6-7-23(3)13-8-20-9-14(21-13)25-12-5-4-11(17)15(18)16(12)19/h4-5,8-9H,6-7H2,1-3H3. The van der Waals surface area contributed by atoms with Gasteiger partial charge in [-0.2, -0.15) is 9.37 Å². The zero-order valence-corrected chi connectivity index (χ0v) is 15.5. The molecule has 134 valence electrons. The van der Waals surface area contributed by atoms with Crippen molar-refractivity contribution in [3.8, 4) is 11.6 Å². The number of likely N-dealkylation sites (N-methyl/N-ethyl adjacent to an activating group) is 2. The molecule has 0 aliphatic heterocycles. The summed E-state index contributed by atoms with van der Waals surface area (Å²) in [5.41, 5.74) is 0. The fraction of sp³-hybridized carbons (Fsp3) is 0.312. The van der Waals surface area contributed by atoms with Crippen molar-refractivity contribution in [3.63, 3.8) is 0 Å². The van der Waals surface area contributed by atoms with Crippen molar-refractivity contribution in [1.29, 1.82) is 0 Å². The second kappa shape index (κ2) is 8.19. The Morgan fingerprint density at radius 2 is 1.92 bits per heavy atom. The average molecular weight is 415 g/mol. The molecule has 0 fully saturated rings. The molecule has 0 atom stereocenters. The smallest absolute Gasteiger partial charge is 0.239 e. The summed E-state index contributed by atoms with van der Waals surface area (Å²) in [6.07, 6.45) is 2.82. The molecule has 9 heteroatoms. The molecule has 0 radical (unpaired) electrons. The maximum absolute atomic E-state index is 13.9. The molecule has 1 aromatic carbocycles. The molecule has 6 nitrogen and oxygen atoms in total. The third-order valence-electron chi connectivity index (χ3n) is 3.51. The van der Waals surface area contributed by atoms with Gasteiger partial charge in [-0.15, -0.1) is 0 Å². The molecule has 0 saturated heterocycles. The van der Waals surface area contributed by atoms with Gasteiger partial charge in [0, 0.05) is 34.1 Å². The predicted molar refractivity (Wildman–Crippen MR) is 92.7 cm³/mol. The molecule has 0 bridgehead atoms. The molecule has 1 aromatic heterocycles. The van der Waals surface area contributed by atoms with Gasteiger partial charge < -0.3 is 14.5 Å². The van der Waals surface area contributed by atoms with Crippen LogP contribution in [0, 0.1) is 11.6 Å². The summed E-state index contributed by atoms with van der Waals surface area (Å²) < 4.78 is 32.7. The van der Waals surface area contributed by atoms with Crippen LogP contribution in [0.2, 0.25) is 0 Å². The largest absolute Gasteiger partial charge is 0.434 e. The van der Waals surface area contributed by atoms with E-state index in [1.165, 1.54) is 31.5 Å². The van der Waals surface area contributed by atoms with Gasteiger partial charge in [0.1, 0.15) is 0 Å². The Hall–Kier alpha value is -2.29. The van der Waals surface area contributed by atoms with E-state index in [0.717, 1.165) is 0 Å². The van der Waals surface area contributed by atoms with Crippen molar-refractivity contribution >= 4 is 27.7 Å². The fourth-order valence-electron chi connectivity index (χ4n) is 1.84. The lowest BCUT2D eigenvalue weighted by atomic mass is 10.3. The van der Waals surface area contributed by atoms with E-state index in [0.29, 0.717) is 18.9 Å². The molecule has 0 unspecified atom stereocenters. The van der Waals surface area contributed by atoms with Crippen LogP contribution in [0.4, 0.5) is 14.6 Å². The van der Waals surface area contributed by atoms with E-state index in [2.05, 4.69) is 25.9 Å². The van der Waals surface area contributed by atoms with Crippen molar-refractivity contribution < 1.29 is 18.3 Å². The predicted octanol–water partition coefficient (Wildman–Crippen LogP) is 3.22. The number of anilines is 1. The number of hydrogen-bond acceptors (Lipinski definition) is 5. The maximum atomic E-state index is 13.9. The summed E-state index contributed by atoms with van der Waals surface area (Å²) >= 11 is 2.90. The van der Waals surface area contributed by atoms with E-state index < -0.39 is 11.6 Å². The zero-order valence-electron chi connectivity index (χ0n) is 14.0. The van der Waals surface area contributed by atoms with Gasteiger partial charge in [-0.1, -0.05) is 0 Å². The van der Waals surface area contributed by atoms with Crippen LogP contribution in [0.15, 0.2) is 29.0 Å². The first kappa shape index (κ1) is 19.0. The SMILES string of the molecule is CC(=O)N(C)CCN(C)c1cncc(Oc2ccc(Br)c(F)c2F)n1. The van der Waals surface area contributed by atoms with Crippen LogP contribution in [-0.4, -0.2) is 48.0 Å². The van der Waals surface area contributed by atoms with E-state index in [4.69, 9.17) is 4.74 Å². The number of carbonyl (C=O) groups excluding carboxylic acids is 1. The van der Waals surface area contributed by atoms with Crippen molar-refractivity contribution in [2.24, 2.45) is 0 Å². The van der Waals surface area contributed by atoms with Gasteiger partial charge in [0.05, 0.1) is 16.9 Å². The van der Waals surface area contributed by atoms with Crippen LogP contribution in [-0.2, 0) is 4.79 Å². The molecular weight excluding hydrogens is 398 g/mol. The van der Waals surface area contributed by atoms with Crippen LogP contribution in [0.5, 0.6) is 11.6 Å². The number of nitrogens with zero attached hydrogens (tertiary/aromatic N) is 4. The van der Waals surface area contributed by atoms with Crippen molar-refractivity contribution in [2.75, 3.05) is 32.1 Å². The lowest BCUT2D eigenvalue weighted by Crippen LogP contribution is -2.33. The van der Waals surface area contributed by atoms with Gasteiger partial charge in [0.2, 0.25) is 17.6 Å². The van der Waals surface area contributed by atoms with Gasteiger partial charge in [-0.05, 0) is 28.1 Å². The van der Waals surface area contributed by atoms with Crippen LogP contribution in [0.3, 0.4) is 0 Å². The molecule has 2 rings (SSSR count). The second-order valence-electron chi connectivity index (χ2n) is 5.35. The van der Waals surface area contributed by atoms with Crippen LogP contribution in [0.1, 0.15) is 6.92 Å². The van der Waals surface area contributed by atoms with E-state index in [1.807, 2.05) is 0 Å². The summed E-state index contributed by atoms with van der Waals surface area (Å²) in [6.45, 7) is 2.51. The summed E-state index contributed by atoms with van der Waals surface area (Å²) in [4.78, 5) is 22.8. The van der Waals surface area contributed by atoms with Gasteiger partial charge in [0.15, 0.2) is 17.4 Å². The minimum atomic E-state index is -1.11. The topological polar surface area (TPSA) is 58.6 Å². The summed E-state index contributed by atoms with van der Waals surface area (Å²) in [5, 5.41) is 0. The van der Waals surface area contributed by atoms with Gasteiger partial charge in [-0.25, -0.2) is 4.39 Å². The highest BCUT2D eigenvalue weighted by atomic mass is 79.9. The highest BCUT2D eigenvalue weighted by molar-refractivity contribution is 9.10. The molecule has 25 heavy (non-hydrogen) atoms. The van der Waals surface area contributed by atoms with Gasteiger partial charge in [0.25, 0.3) is 0 Å². The number of halogens is 3.